The number of nitrogens with one attached hydrogen (secondary N) is 2. The first-order valence-electron chi connectivity index (χ1n) is 11.9. The van der Waals surface area contributed by atoms with E-state index in [1.54, 1.807) is 10.9 Å². The molecule has 9 heteroatoms. The molecule has 2 aromatic heterocycles. The number of hydrogen-bond acceptors (Lipinski definition) is 7. The summed E-state index contributed by atoms with van der Waals surface area (Å²) in [5.74, 6) is 2.43. The quantitative estimate of drug-likeness (QED) is 0.472. The maximum atomic E-state index is 6.39. The van der Waals surface area contributed by atoms with Crippen molar-refractivity contribution in [2.45, 2.75) is 51.6 Å². The van der Waals surface area contributed by atoms with Crippen LogP contribution in [-0.4, -0.2) is 50.9 Å². The number of benzene rings is 1. The molecule has 2 fully saturated rings. The van der Waals surface area contributed by atoms with Crippen LogP contribution in [0.1, 0.15) is 48.4 Å². The number of rotatable bonds is 7. The lowest BCUT2D eigenvalue weighted by Crippen LogP contribution is -2.29. The minimum atomic E-state index is 0.297. The third kappa shape index (κ3) is 5.13. The molecule has 2 N–H and O–H groups in total. The van der Waals surface area contributed by atoms with Gasteiger partial charge in [-0.15, -0.1) is 0 Å². The van der Waals surface area contributed by atoms with Gasteiger partial charge in [0.15, 0.2) is 5.82 Å². The van der Waals surface area contributed by atoms with E-state index in [1.165, 1.54) is 24.0 Å². The Morgan fingerprint density at radius 1 is 1.03 bits per heavy atom. The highest BCUT2D eigenvalue weighted by Gasteiger charge is 2.27. The third-order valence-electron chi connectivity index (χ3n) is 6.60. The van der Waals surface area contributed by atoms with Gasteiger partial charge in [0, 0.05) is 13.2 Å². The molecule has 1 aliphatic carbocycles. The van der Waals surface area contributed by atoms with Crippen LogP contribution in [0.3, 0.4) is 0 Å². The number of aromatic nitrogens is 4. The number of ether oxygens (including phenoxy) is 1. The van der Waals surface area contributed by atoms with Crippen LogP contribution in [0.5, 0.6) is 5.75 Å². The molecule has 2 aliphatic rings. The zero-order valence-corrected chi connectivity index (χ0v) is 21.0. The van der Waals surface area contributed by atoms with Crippen LogP contribution in [-0.2, 0) is 7.05 Å². The van der Waals surface area contributed by atoms with Crippen molar-refractivity contribution < 1.29 is 4.74 Å². The fraction of sp³-hybridized carbons (Fsp3) is 0.480. The van der Waals surface area contributed by atoms with E-state index in [2.05, 4.69) is 56.7 Å². The highest BCUT2D eigenvalue weighted by atomic mass is 35.5. The molecule has 0 radical (unpaired) electrons. The molecule has 1 saturated carbocycles. The van der Waals surface area contributed by atoms with Crippen LogP contribution in [0, 0.1) is 13.8 Å². The summed E-state index contributed by atoms with van der Waals surface area (Å²) in [5.41, 5.74) is 5.25. The number of piperidine rings is 1. The minimum absolute atomic E-state index is 0.297. The lowest BCUT2D eigenvalue weighted by molar-refractivity contribution is 0.254. The summed E-state index contributed by atoms with van der Waals surface area (Å²) < 4.78 is 8.08. The first kappa shape index (κ1) is 22.9. The topological polar surface area (TPSA) is 80.1 Å². The summed E-state index contributed by atoms with van der Waals surface area (Å²) in [7, 11) is 4.08. The normalized spacial score (nSPS) is 17.1. The third-order valence-corrected chi connectivity index (χ3v) is 6.88. The maximum Gasteiger partial charge on any atom is 0.229 e. The van der Waals surface area contributed by atoms with Crippen molar-refractivity contribution in [3.63, 3.8) is 0 Å². The fourth-order valence-corrected chi connectivity index (χ4v) is 4.65. The molecule has 0 spiro atoms. The van der Waals surface area contributed by atoms with E-state index < -0.39 is 0 Å². The van der Waals surface area contributed by atoms with Crippen molar-refractivity contribution in [3.8, 4) is 5.75 Å². The molecule has 1 aliphatic heterocycles. The second-order valence-corrected chi connectivity index (χ2v) is 9.95. The zero-order valence-electron chi connectivity index (χ0n) is 20.2. The monoisotopic (exact) mass is 481 g/mol. The van der Waals surface area contributed by atoms with Gasteiger partial charge in [0.05, 0.1) is 29.4 Å². The summed E-state index contributed by atoms with van der Waals surface area (Å²) in [6.07, 6.45) is 8.36. The summed E-state index contributed by atoms with van der Waals surface area (Å²) in [6, 6.07) is 4.40. The highest BCUT2D eigenvalue weighted by Crippen LogP contribution is 2.40. The van der Waals surface area contributed by atoms with E-state index >= 15 is 0 Å². The van der Waals surface area contributed by atoms with E-state index in [0.29, 0.717) is 28.8 Å². The van der Waals surface area contributed by atoms with Gasteiger partial charge < -0.3 is 20.3 Å². The number of halogens is 1. The number of hydrogen-bond donors (Lipinski definition) is 2. The highest BCUT2D eigenvalue weighted by molar-refractivity contribution is 6.32. The van der Waals surface area contributed by atoms with Gasteiger partial charge in [0.25, 0.3) is 0 Å². The summed E-state index contributed by atoms with van der Waals surface area (Å²) >= 11 is 6.39. The average molecular weight is 482 g/mol. The molecule has 1 aromatic carbocycles. The molecule has 3 heterocycles. The molecule has 34 heavy (non-hydrogen) atoms. The van der Waals surface area contributed by atoms with E-state index in [0.717, 1.165) is 48.7 Å². The standard InChI is InChI=1S/C25H32ClN7O/c1-15-11-21(23(34-18-5-6-18)12-19(15)17-7-9-32(3)10-8-17)29-25-27-13-20(26)24(30-25)28-22-14-33(4)31-16(22)2/h11-14,17-18H,5-10H2,1-4H3,(H2,27,28,29,30). The Morgan fingerprint density at radius 2 is 1.79 bits per heavy atom. The van der Waals surface area contributed by atoms with Gasteiger partial charge in [0.2, 0.25) is 5.95 Å². The van der Waals surface area contributed by atoms with Gasteiger partial charge in [-0.05, 0) is 88.8 Å². The van der Waals surface area contributed by atoms with Gasteiger partial charge in [-0.3, -0.25) is 4.68 Å². The van der Waals surface area contributed by atoms with Crippen LogP contribution < -0.4 is 15.4 Å². The zero-order chi connectivity index (χ0) is 23.8. The molecule has 0 amide bonds. The van der Waals surface area contributed by atoms with Crippen molar-refractivity contribution in [1.29, 1.82) is 0 Å². The van der Waals surface area contributed by atoms with Crippen LogP contribution in [0.15, 0.2) is 24.5 Å². The average Bonchev–Trinajstić information content (AvgIpc) is 3.56. The predicted octanol–water partition coefficient (Wildman–Crippen LogP) is 5.32. The van der Waals surface area contributed by atoms with Gasteiger partial charge in [0.1, 0.15) is 10.8 Å². The minimum Gasteiger partial charge on any atom is -0.488 e. The van der Waals surface area contributed by atoms with E-state index in [9.17, 15) is 0 Å². The Bertz CT molecular complexity index is 1180. The number of likely N-dealkylation sites (tertiary alicyclic amines) is 1. The van der Waals surface area contributed by atoms with E-state index in [1.807, 2.05) is 20.2 Å². The predicted molar refractivity (Wildman–Crippen MR) is 136 cm³/mol. The second kappa shape index (κ2) is 9.43. The molecule has 0 unspecified atom stereocenters. The van der Waals surface area contributed by atoms with Gasteiger partial charge >= 0.3 is 0 Å². The second-order valence-electron chi connectivity index (χ2n) is 9.54. The lowest BCUT2D eigenvalue weighted by atomic mass is 9.86. The lowest BCUT2D eigenvalue weighted by Gasteiger charge is -2.30. The van der Waals surface area contributed by atoms with Gasteiger partial charge in [-0.1, -0.05) is 11.6 Å². The molecule has 1 saturated heterocycles. The van der Waals surface area contributed by atoms with Crippen LogP contribution >= 0.6 is 11.6 Å². The number of nitrogens with zero attached hydrogens (tertiary/aromatic N) is 5. The maximum absolute atomic E-state index is 6.39. The Kier molecular flexibility index (Phi) is 6.36. The molecule has 0 bridgehead atoms. The molecule has 0 atom stereocenters. The smallest absolute Gasteiger partial charge is 0.229 e. The SMILES string of the molecule is Cc1cc(Nc2ncc(Cl)c(Nc3cn(C)nc3C)n2)c(OC2CC2)cc1C1CCN(C)CC1. The van der Waals surface area contributed by atoms with Crippen LogP contribution in [0.4, 0.5) is 23.1 Å². The van der Waals surface area contributed by atoms with Crippen LogP contribution in [0.2, 0.25) is 5.02 Å². The van der Waals surface area contributed by atoms with E-state index in [4.69, 9.17) is 16.3 Å². The van der Waals surface area contributed by atoms with Crippen molar-refractivity contribution in [3.05, 3.63) is 46.4 Å². The molecule has 180 valence electrons. The molecule has 8 nitrogen and oxygen atoms in total. The molecule has 5 rings (SSSR count). The molecular formula is C25H32ClN7O. The summed E-state index contributed by atoms with van der Waals surface area (Å²) in [5, 5.41) is 11.5. The van der Waals surface area contributed by atoms with Crippen molar-refractivity contribution in [2.24, 2.45) is 7.05 Å². The summed E-state index contributed by atoms with van der Waals surface area (Å²) in [4.78, 5) is 11.5. The first-order chi connectivity index (χ1) is 16.4. The van der Waals surface area contributed by atoms with Gasteiger partial charge in [-0.2, -0.15) is 10.1 Å². The van der Waals surface area contributed by atoms with Crippen molar-refractivity contribution >= 4 is 34.7 Å². The Hall–Kier alpha value is -2.84. The fourth-order valence-electron chi connectivity index (χ4n) is 4.51. The van der Waals surface area contributed by atoms with E-state index in [-0.39, 0.29) is 0 Å². The Balaban J connectivity index is 1.42. The van der Waals surface area contributed by atoms with Crippen molar-refractivity contribution in [1.82, 2.24) is 24.6 Å². The van der Waals surface area contributed by atoms with Gasteiger partial charge in [-0.25, -0.2) is 4.98 Å². The largest absolute Gasteiger partial charge is 0.488 e. The number of aryl methyl sites for hydroxylation is 3. The Labute approximate surface area is 205 Å². The Morgan fingerprint density at radius 3 is 2.47 bits per heavy atom. The first-order valence-corrected chi connectivity index (χ1v) is 12.3. The number of anilines is 4. The summed E-state index contributed by atoms with van der Waals surface area (Å²) in [6.45, 7) is 6.38. The molecular weight excluding hydrogens is 450 g/mol. The molecule has 3 aromatic rings. The van der Waals surface area contributed by atoms with Crippen LogP contribution in [0.25, 0.3) is 0 Å². The van der Waals surface area contributed by atoms with Crippen molar-refractivity contribution in [2.75, 3.05) is 30.8 Å².